The third kappa shape index (κ3) is 3.12. The molecule has 1 aromatic heterocycles. The summed E-state index contributed by atoms with van der Waals surface area (Å²) in [5.74, 6) is 0. The van der Waals surface area contributed by atoms with E-state index in [1.807, 2.05) is 31.1 Å². The van der Waals surface area contributed by atoms with Crippen LogP contribution < -0.4 is 9.62 Å². The van der Waals surface area contributed by atoms with E-state index >= 15 is 0 Å². The minimum atomic E-state index is -3.64. The number of hydrogen-bond donors (Lipinski definition) is 3. The highest BCUT2D eigenvalue weighted by molar-refractivity contribution is 7.92. The molecule has 1 aromatic carbocycles. The van der Waals surface area contributed by atoms with Gasteiger partial charge in [0.25, 0.3) is 10.0 Å². The van der Waals surface area contributed by atoms with Crippen molar-refractivity contribution in [1.29, 1.82) is 0 Å². The summed E-state index contributed by atoms with van der Waals surface area (Å²) in [5, 5.41) is 8.94. The maximum absolute atomic E-state index is 12.1. The first-order valence-electron chi connectivity index (χ1n) is 6.01. The lowest BCUT2D eigenvalue weighted by Gasteiger charge is -2.13. The van der Waals surface area contributed by atoms with Gasteiger partial charge in [0.15, 0.2) is 0 Å². The fourth-order valence-electron chi connectivity index (χ4n) is 1.71. The van der Waals surface area contributed by atoms with Crippen LogP contribution in [0.1, 0.15) is 5.69 Å². The van der Waals surface area contributed by atoms with Gasteiger partial charge in [-0.05, 0) is 30.3 Å². The predicted molar refractivity (Wildman–Crippen MR) is 78.3 cm³/mol. The summed E-state index contributed by atoms with van der Waals surface area (Å²) in [6.07, 6.45) is 1.35. The third-order valence-corrected chi connectivity index (χ3v) is 4.19. The van der Waals surface area contributed by atoms with Crippen LogP contribution in [0.25, 0.3) is 0 Å². The van der Waals surface area contributed by atoms with Crippen LogP contribution >= 0.6 is 0 Å². The maximum atomic E-state index is 12.1. The Morgan fingerprint density at radius 1 is 1.25 bits per heavy atom. The summed E-state index contributed by atoms with van der Waals surface area (Å²) in [7, 11) is 0.183. The van der Waals surface area contributed by atoms with Crippen molar-refractivity contribution in [2.24, 2.45) is 0 Å². The van der Waals surface area contributed by atoms with Crippen LogP contribution in [-0.2, 0) is 16.6 Å². The Labute approximate surface area is 118 Å². The van der Waals surface area contributed by atoms with E-state index < -0.39 is 10.0 Å². The molecular formula is C13H17N3O3S. The molecule has 2 aromatic rings. The Balaban J connectivity index is 2.19. The van der Waals surface area contributed by atoms with Gasteiger partial charge in [-0.2, -0.15) is 0 Å². The molecule has 7 heteroatoms. The van der Waals surface area contributed by atoms with Gasteiger partial charge in [0.1, 0.15) is 4.90 Å². The number of aliphatic hydroxyl groups excluding tert-OH is 1. The molecule has 0 atom stereocenters. The van der Waals surface area contributed by atoms with Crippen molar-refractivity contribution in [1.82, 2.24) is 4.98 Å². The second-order valence-corrected chi connectivity index (χ2v) is 6.25. The summed E-state index contributed by atoms with van der Waals surface area (Å²) in [6, 6.07) is 8.46. The van der Waals surface area contributed by atoms with Crippen molar-refractivity contribution in [3.8, 4) is 0 Å². The Bertz CT molecular complexity index is 675. The number of benzene rings is 1. The quantitative estimate of drug-likeness (QED) is 0.778. The number of rotatable bonds is 5. The number of H-pyrrole nitrogens is 1. The predicted octanol–water partition coefficient (Wildman–Crippen LogP) is 1.37. The molecule has 0 aliphatic rings. The van der Waals surface area contributed by atoms with Gasteiger partial charge in [-0.3, -0.25) is 4.72 Å². The number of sulfonamides is 1. The van der Waals surface area contributed by atoms with Crippen molar-refractivity contribution in [2.45, 2.75) is 11.5 Å². The van der Waals surface area contributed by atoms with Crippen LogP contribution in [0.2, 0.25) is 0 Å². The van der Waals surface area contributed by atoms with E-state index in [1.165, 1.54) is 12.3 Å². The molecular weight excluding hydrogens is 278 g/mol. The molecule has 3 N–H and O–H groups in total. The highest BCUT2D eigenvalue weighted by atomic mass is 32.2. The van der Waals surface area contributed by atoms with Crippen LogP contribution in [0, 0.1) is 0 Å². The van der Waals surface area contributed by atoms with Crippen molar-refractivity contribution in [3.05, 3.63) is 42.2 Å². The van der Waals surface area contributed by atoms with E-state index in [4.69, 9.17) is 5.11 Å². The smallest absolute Gasteiger partial charge is 0.263 e. The summed E-state index contributed by atoms with van der Waals surface area (Å²) in [4.78, 5) is 4.72. The largest absolute Gasteiger partial charge is 0.390 e. The van der Waals surface area contributed by atoms with Crippen molar-refractivity contribution in [3.63, 3.8) is 0 Å². The van der Waals surface area contributed by atoms with Gasteiger partial charge in [-0.1, -0.05) is 0 Å². The lowest BCUT2D eigenvalue weighted by molar-refractivity contribution is 0.277. The lowest BCUT2D eigenvalue weighted by atomic mass is 10.3. The van der Waals surface area contributed by atoms with Gasteiger partial charge in [0.2, 0.25) is 0 Å². The molecule has 0 bridgehead atoms. The zero-order valence-electron chi connectivity index (χ0n) is 11.3. The van der Waals surface area contributed by atoms with Gasteiger partial charge in [-0.15, -0.1) is 0 Å². The SMILES string of the molecule is CN(C)c1ccc(NS(=O)(=O)c2c[nH]c(CO)c2)cc1. The fourth-order valence-corrected chi connectivity index (χ4v) is 2.78. The van der Waals surface area contributed by atoms with Gasteiger partial charge in [0, 0.05) is 37.4 Å². The number of aliphatic hydroxyl groups is 1. The van der Waals surface area contributed by atoms with Crippen molar-refractivity contribution >= 4 is 21.4 Å². The van der Waals surface area contributed by atoms with Crippen molar-refractivity contribution < 1.29 is 13.5 Å². The van der Waals surface area contributed by atoms with Crippen LogP contribution in [-0.4, -0.2) is 32.6 Å². The number of aromatic amines is 1. The minimum Gasteiger partial charge on any atom is -0.390 e. The Morgan fingerprint density at radius 3 is 2.40 bits per heavy atom. The molecule has 20 heavy (non-hydrogen) atoms. The number of nitrogens with one attached hydrogen (secondary N) is 2. The van der Waals surface area contributed by atoms with E-state index in [0.717, 1.165) is 5.69 Å². The van der Waals surface area contributed by atoms with E-state index in [2.05, 4.69) is 9.71 Å². The van der Waals surface area contributed by atoms with Crippen molar-refractivity contribution in [2.75, 3.05) is 23.7 Å². The van der Waals surface area contributed by atoms with Gasteiger partial charge in [-0.25, -0.2) is 8.42 Å². The van der Waals surface area contributed by atoms with Gasteiger partial charge in [0.05, 0.1) is 6.61 Å². The molecule has 0 fully saturated rings. The summed E-state index contributed by atoms with van der Waals surface area (Å²) >= 11 is 0. The zero-order chi connectivity index (χ0) is 14.8. The van der Waals surface area contributed by atoms with E-state index in [0.29, 0.717) is 11.4 Å². The van der Waals surface area contributed by atoms with Gasteiger partial charge >= 0.3 is 0 Å². The Morgan fingerprint density at radius 2 is 1.90 bits per heavy atom. The van der Waals surface area contributed by atoms with E-state index in [9.17, 15) is 8.42 Å². The average molecular weight is 295 g/mol. The molecule has 108 valence electrons. The van der Waals surface area contributed by atoms with Crippen LogP contribution in [0.4, 0.5) is 11.4 Å². The second kappa shape index (κ2) is 5.56. The molecule has 2 rings (SSSR count). The molecule has 0 aliphatic heterocycles. The fraction of sp³-hybridized carbons (Fsp3) is 0.231. The Kier molecular flexibility index (Phi) is 4.01. The van der Waals surface area contributed by atoms with Crippen LogP contribution in [0.15, 0.2) is 41.4 Å². The topological polar surface area (TPSA) is 85.4 Å². The Hall–Kier alpha value is -1.99. The first-order chi connectivity index (χ1) is 9.42. The molecule has 0 unspecified atom stereocenters. The second-order valence-electron chi connectivity index (χ2n) is 4.57. The van der Waals surface area contributed by atoms with Crippen LogP contribution in [0.3, 0.4) is 0 Å². The lowest BCUT2D eigenvalue weighted by Crippen LogP contribution is -2.13. The molecule has 0 radical (unpaired) electrons. The highest BCUT2D eigenvalue weighted by Crippen LogP contribution is 2.20. The monoisotopic (exact) mass is 295 g/mol. The van der Waals surface area contributed by atoms with E-state index in [1.54, 1.807) is 12.1 Å². The molecule has 0 aliphatic carbocycles. The van der Waals surface area contributed by atoms with Gasteiger partial charge < -0.3 is 15.0 Å². The molecule has 0 saturated heterocycles. The third-order valence-electron chi connectivity index (χ3n) is 2.83. The van der Waals surface area contributed by atoms with E-state index in [-0.39, 0.29) is 11.5 Å². The molecule has 0 saturated carbocycles. The summed E-state index contributed by atoms with van der Waals surface area (Å²) in [6.45, 7) is -0.229. The zero-order valence-corrected chi connectivity index (χ0v) is 12.1. The number of aromatic nitrogens is 1. The molecule has 0 spiro atoms. The number of nitrogens with zero attached hydrogens (tertiary/aromatic N) is 1. The first-order valence-corrected chi connectivity index (χ1v) is 7.49. The minimum absolute atomic E-state index is 0.0956. The maximum Gasteiger partial charge on any atom is 0.263 e. The summed E-state index contributed by atoms with van der Waals surface area (Å²) in [5.41, 5.74) is 1.92. The summed E-state index contributed by atoms with van der Waals surface area (Å²) < 4.78 is 26.7. The standard InChI is InChI=1S/C13H17N3O3S/c1-16(2)12-5-3-10(4-6-12)15-20(18,19)13-7-11(9-17)14-8-13/h3-8,14-15,17H,9H2,1-2H3. The molecule has 1 heterocycles. The van der Waals surface area contributed by atoms with Crippen LogP contribution in [0.5, 0.6) is 0 Å². The number of hydrogen-bond acceptors (Lipinski definition) is 4. The first kappa shape index (κ1) is 14.4. The highest BCUT2D eigenvalue weighted by Gasteiger charge is 2.16. The normalized spacial score (nSPS) is 11.3. The number of anilines is 2. The molecule has 6 nitrogen and oxygen atoms in total. The molecule has 0 amide bonds. The average Bonchev–Trinajstić information content (AvgIpc) is 2.88.